The SMILES string of the molecule is CC(=O)NC(CN1CC(C(N)=O)CCC1C)C(=O)O. The van der Waals surface area contributed by atoms with Crippen molar-refractivity contribution in [1.29, 1.82) is 0 Å². The van der Waals surface area contributed by atoms with Crippen LogP contribution in [0, 0.1) is 5.92 Å². The van der Waals surface area contributed by atoms with Gasteiger partial charge in [0.05, 0.1) is 5.92 Å². The lowest BCUT2D eigenvalue weighted by molar-refractivity contribution is -0.142. The molecular weight excluding hydrogens is 250 g/mol. The summed E-state index contributed by atoms with van der Waals surface area (Å²) in [5, 5.41) is 11.5. The largest absolute Gasteiger partial charge is 0.480 e. The Morgan fingerprint density at radius 3 is 2.53 bits per heavy atom. The van der Waals surface area contributed by atoms with Crippen LogP contribution < -0.4 is 11.1 Å². The molecule has 0 aromatic rings. The number of piperidine rings is 1. The molecule has 3 unspecified atom stereocenters. The number of carbonyl (C=O) groups is 3. The lowest BCUT2D eigenvalue weighted by Crippen LogP contribution is -2.53. The molecule has 0 aromatic heterocycles. The molecule has 0 spiro atoms. The molecule has 2 amide bonds. The summed E-state index contributed by atoms with van der Waals surface area (Å²) in [4.78, 5) is 35.2. The van der Waals surface area contributed by atoms with Gasteiger partial charge in [0, 0.05) is 26.1 Å². The Kier molecular flexibility index (Phi) is 5.29. The molecule has 0 saturated carbocycles. The lowest BCUT2D eigenvalue weighted by Gasteiger charge is -2.38. The Hall–Kier alpha value is -1.63. The minimum atomic E-state index is -1.08. The molecule has 7 heteroatoms. The van der Waals surface area contributed by atoms with Crippen LogP contribution in [0.1, 0.15) is 26.7 Å². The summed E-state index contributed by atoms with van der Waals surface area (Å²) in [5.74, 6) is -2.07. The van der Waals surface area contributed by atoms with E-state index in [1.54, 1.807) is 0 Å². The fourth-order valence-corrected chi connectivity index (χ4v) is 2.33. The van der Waals surface area contributed by atoms with Gasteiger partial charge in [-0.1, -0.05) is 0 Å². The van der Waals surface area contributed by atoms with Crippen molar-refractivity contribution < 1.29 is 19.5 Å². The number of aliphatic carboxylic acids is 1. The molecule has 1 aliphatic rings. The number of nitrogens with two attached hydrogens (primary N) is 1. The third-order valence-corrected chi connectivity index (χ3v) is 3.51. The standard InChI is InChI=1S/C12H21N3O4/c1-7-3-4-9(11(13)17)5-15(7)6-10(12(18)19)14-8(2)16/h7,9-10H,3-6H2,1-2H3,(H2,13,17)(H,14,16)(H,18,19). The zero-order valence-corrected chi connectivity index (χ0v) is 11.3. The number of carboxylic acids is 1. The molecule has 1 aliphatic heterocycles. The van der Waals surface area contributed by atoms with E-state index in [9.17, 15) is 14.4 Å². The second-order valence-corrected chi connectivity index (χ2v) is 5.07. The summed E-state index contributed by atoms with van der Waals surface area (Å²) in [6.07, 6.45) is 1.52. The molecule has 19 heavy (non-hydrogen) atoms. The zero-order valence-electron chi connectivity index (χ0n) is 11.3. The van der Waals surface area contributed by atoms with Gasteiger partial charge in [-0.25, -0.2) is 4.79 Å². The first-order chi connectivity index (χ1) is 8.81. The zero-order chi connectivity index (χ0) is 14.6. The maximum atomic E-state index is 11.2. The van der Waals surface area contributed by atoms with E-state index in [1.165, 1.54) is 6.92 Å². The number of nitrogens with zero attached hydrogens (tertiary/aromatic N) is 1. The van der Waals surface area contributed by atoms with Crippen LogP contribution in [-0.2, 0) is 14.4 Å². The molecule has 1 fully saturated rings. The molecule has 0 aliphatic carbocycles. The lowest BCUT2D eigenvalue weighted by atomic mass is 9.92. The fraction of sp³-hybridized carbons (Fsp3) is 0.750. The van der Waals surface area contributed by atoms with E-state index < -0.39 is 12.0 Å². The van der Waals surface area contributed by atoms with Gasteiger partial charge >= 0.3 is 5.97 Å². The van der Waals surface area contributed by atoms with E-state index >= 15 is 0 Å². The number of hydrogen-bond donors (Lipinski definition) is 3. The number of hydrogen-bond acceptors (Lipinski definition) is 4. The first-order valence-electron chi connectivity index (χ1n) is 6.34. The molecule has 0 radical (unpaired) electrons. The number of rotatable bonds is 5. The number of carbonyl (C=O) groups excluding carboxylic acids is 2. The maximum absolute atomic E-state index is 11.2. The van der Waals surface area contributed by atoms with Crippen molar-refractivity contribution in [3.63, 3.8) is 0 Å². The predicted octanol–water partition coefficient (Wildman–Crippen LogP) is -0.838. The summed E-state index contributed by atoms with van der Waals surface area (Å²) in [6.45, 7) is 3.88. The van der Waals surface area contributed by atoms with E-state index in [2.05, 4.69) is 5.32 Å². The Labute approximate surface area is 112 Å². The van der Waals surface area contributed by atoms with Crippen LogP contribution in [0.4, 0.5) is 0 Å². The van der Waals surface area contributed by atoms with Crippen molar-refractivity contribution in [1.82, 2.24) is 10.2 Å². The topological polar surface area (TPSA) is 113 Å². The van der Waals surface area contributed by atoms with E-state index in [4.69, 9.17) is 10.8 Å². The smallest absolute Gasteiger partial charge is 0.327 e. The van der Waals surface area contributed by atoms with Crippen LogP contribution in [0.25, 0.3) is 0 Å². The van der Waals surface area contributed by atoms with E-state index in [1.807, 2.05) is 11.8 Å². The first-order valence-corrected chi connectivity index (χ1v) is 6.34. The summed E-state index contributed by atoms with van der Waals surface area (Å²) in [6, 6.07) is -0.794. The van der Waals surface area contributed by atoms with Crippen molar-refractivity contribution in [3.05, 3.63) is 0 Å². The van der Waals surface area contributed by atoms with Gasteiger partial charge in [-0.15, -0.1) is 0 Å². The van der Waals surface area contributed by atoms with Crippen molar-refractivity contribution in [3.8, 4) is 0 Å². The average Bonchev–Trinajstić information content (AvgIpc) is 2.29. The Bertz CT molecular complexity index is 372. The third kappa shape index (κ3) is 4.51. The van der Waals surface area contributed by atoms with Crippen molar-refractivity contribution >= 4 is 17.8 Å². The van der Waals surface area contributed by atoms with Crippen LogP contribution >= 0.6 is 0 Å². The summed E-state index contributed by atoms with van der Waals surface area (Å²) >= 11 is 0. The quantitative estimate of drug-likeness (QED) is 0.603. The van der Waals surface area contributed by atoms with Gasteiger partial charge in [0.15, 0.2) is 0 Å². The van der Waals surface area contributed by atoms with E-state index in [0.717, 1.165) is 12.8 Å². The van der Waals surface area contributed by atoms with Gasteiger partial charge in [0.1, 0.15) is 6.04 Å². The number of likely N-dealkylation sites (tertiary alicyclic amines) is 1. The van der Waals surface area contributed by atoms with Crippen molar-refractivity contribution in [2.45, 2.75) is 38.8 Å². The molecule has 1 heterocycles. The summed E-state index contributed by atoms with van der Waals surface area (Å²) < 4.78 is 0. The summed E-state index contributed by atoms with van der Waals surface area (Å²) in [7, 11) is 0. The number of carboxylic acid groups (broad SMARTS) is 1. The summed E-state index contributed by atoms with van der Waals surface area (Å²) in [5.41, 5.74) is 5.29. The second kappa shape index (κ2) is 6.51. The van der Waals surface area contributed by atoms with Crippen molar-refractivity contribution in [2.24, 2.45) is 11.7 Å². The average molecular weight is 271 g/mol. The third-order valence-electron chi connectivity index (χ3n) is 3.51. The van der Waals surface area contributed by atoms with E-state index in [0.29, 0.717) is 6.54 Å². The molecule has 0 aromatic carbocycles. The Morgan fingerprint density at radius 2 is 2.05 bits per heavy atom. The Balaban J connectivity index is 2.67. The second-order valence-electron chi connectivity index (χ2n) is 5.07. The normalized spacial score (nSPS) is 25.6. The van der Waals surface area contributed by atoms with Crippen LogP contribution in [0.5, 0.6) is 0 Å². The molecule has 7 nitrogen and oxygen atoms in total. The number of primary amides is 1. The highest BCUT2D eigenvalue weighted by Crippen LogP contribution is 2.21. The Morgan fingerprint density at radius 1 is 1.42 bits per heavy atom. The van der Waals surface area contributed by atoms with Crippen LogP contribution in [0.15, 0.2) is 0 Å². The van der Waals surface area contributed by atoms with Gasteiger partial charge < -0.3 is 16.2 Å². The maximum Gasteiger partial charge on any atom is 0.327 e. The molecule has 3 atom stereocenters. The monoisotopic (exact) mass is 271 g/mol. The van der Waals surface area contributed by atoms with Crippen LogP contribution in [-0.4, -0.2) is 53.0 Å². The van der Waals surface area contributed by atoms with Crippen LogP contribution in [0.2, 0.25) is 0 Å². The predicted molar refractivity (Wildman–Crippen MR) is 68.2 cm³/mol. The fourth-order valence-electron chi connectivity index (χ4n) is 2.33. The van der Waals surface area contributed by atoms with Gasteiger partial charge in [0.25, 0.3) is 0 Å². The molecular formula is C12H21N3O4. The van der Waals surface area contributed by atoms with Gasteiger partial charge in [-0.05, 0) is 19.8 Å². The minimum absolute atomic E-state index is 0.172. The van der Waals surface area contributed by atoms with Crippen molar-refractivity contribution in [2.75, 3.05) is 13.1 Å². The van der Waals surface area contributed by atoms with E-state index in [-0.39, 0.29) is 30.3 Å². The highest BCUT2D eigenvalue weighted by atomic mass is 16.4. The highest BCUT2D eigenvalue weighted by Gasteiger charge is 2.31. The minimum Gasteiger partial charge on any atom is -0.480 e. The number of nitrogens with one attached hydrogen (secondary N) is 1. The molecule has 108 valence electrons. The highest BCUT2D eigenvalue weighted by molar-refractivity contribution is 5.82. The molecule has 0 bridgehead atoms. The van der Waals surface area contributed by atoms with Gasteiger partial charge in [-0.3, -0.25) is 14.5 Å². The molecule has 1 saturated heterocycles. The molecule has 1 rings (SSSR count). The first kappa shape index (κ1) is 15.4. The molecule has 4 N–H and O–H groups in total. The van der Waals surface area contributed by atoms with Crippen LogP contribution in [0.3, 0.4) is 0 Å². The van der Waals surface area contributed by atoms with Gasteiger partial charge in [-0.2, -0.15) is 0 Å². The number of amides is 2. The van der Waals surface area contributed by atoms with Gasteiger partial charge in [0.2, 0.25) is 11.8 Å².